The zero-order valence-corrected chi connectivity index (χ0v) is 16.9. The Bertz CT molecular complexity index is 1180. The molecule has 0 aliphatic heterocycles. The predicted molar refractivity (Wildman–Crippen MR) is 117 cm³/mol. The molecule has 0 saturated carbocycles. The standard InChI is InChI=1S/C25H25N3O/c1-18-9-8-12-21(17-18)28-24(27-23-14-7-6-13-22(23)25(28)29)19(2)26-16-15-20-10-4-3-5-11-20/h3-14,17,19,26H,15-16H2,1-2H3/p+1/t19-/m0/s1. The maximum absolute atomic E-state index is 13.4. The predicted octanol–water partition coefficient (Wildman–Crippen LogP) is 3.56. The van der Waals surface area contributed by atoms with Gasteiger partial charge in [-0.3, -0.25) is 9.36 Å². The van der Waals surface area contributed by atoms with Crippen molar-refractivity contribution in [3.8, 4) is 5.69 Å². The van der Waals surface area contributed by atoms with Gasteiger partial charge < -0.3 is 5.32 Å². The van der Waals surface area contributed by atoms with E-state index in [0.29, 0.717) is 5.39 Å². The second-order valence-electron chi connectivity index (χ2n) is 7.52. The molecular formula is C25H26N3O+. The lowest BCUT2D eigenvalue weighted by molar-refractivity contribution is -0.693. The molecule has 1 atom stereocenters. The lowest BCUT2D eigenvalue weighted by Gasteiger charge is -2.18. The summed E-state index contributed by atoms with van der Waals surface area (Å²) in [7, 11) is 0. The van der Waals surface area contributed by atoms with Crippen molar-refractivity contribution in [1.82, 2.24) is 9.55 Å². The number of para-hydroxylation sites is 1. The van der Waals surface area contributed by atoms with Crippen molar-refractivity contribution in [3.05, 3.63) is 106 Å². The Morgan fingerprint density at radius 1 is 0.966 bits per heavy atom. The van der Waals surface area contributed by atoms with E-state index in [4.69, 9.17) is 4.98 Å². The quantitative estimate of drug-likeness (QED) is 0.553. The third-order valence-corrected chi connectivity index (χ3v) is 5.26. The van der Waals surface area contributed by atoms with Crippen molar-refractivity contribution in [3.63, 3.8) is 0 Å². The number of nitrogens with two attached hydrogens (primary N) is 1. The monoisotopic (exact) mass is 384 g/mol. The molecule has 3 aromatic carbocycles. The highest BCUT2D eigenvalue weighted by molar-refractivity contribution is 5.77. The minimum absolute atomic E-state index is 0.0143. The Morgan fingerprint density at radius 3 is 2.52 bits per heavy atom. The number of hydrogen-bond acceptors (Lipinski definition) is 2. The molecule has 0 amide bonds. The van der Waals surface area contributed by atoms with E-state index < -0.39 is 0 Å². The zero-order valence-electron chi connectivity index (χ0n) is 16.9. The number of aryl methyl sites for hydroxylation is 1. The van der Waals surface area contributed by atoms with Crippen LogP contribution in [0, 0.1) is 6.92 Å². The van der Waals surface area contributed by atoms with Crippen LogP contribution in [-0.4, -0.2) is 16.1 Å². The largest absolute Gasteiger partial charge is 0.337 e. The van der Waals surface area contributed by atoms with Crippen LogP contribution in [0.3, 0.4) is 0 Å². The molecule has 0 radical (unpaired) electrons. The summed E-state index contributed by atoms with van der Waals surface area (Å²) in [6.07, 6.45) is 0.980. The van der Waals surface area contributed by atoms with Gasteiger partial charge in [-0.05, 0) is 49.2 Å². The second kappa shape index (κ2) is 8.41. The molecule has 4 aromatic rings. The summed E-state index contributed by atoms with van der Waals surface area (Å²) in [4.78, 5) is 18.3. The number of quaternary nitrogens is 1. The van der Waals surface area contributed by atoms with Crippen molar-refractivity contribution in [2.24, 2.45) is 0 Å². The molecule has 4 rings (SSSR count). The molecule has 0 unspecified atom stereocenters. The first kappa shape index (κ1) is 19.1. The molecule has 146 valence electrons. The van der Waals surface area contributed by atoms with Gasteiger partial charge in [-0.2, -0.15) is 0 Å². The number of aromatic nitrogens is 2. The highest BCUT2D eigenvalue weighted by Crippen LogP contribution is 2.17. The highest BCUT2D eigenvalue weighted by atomic mass is 16.1. The van der Waals surface area contributed by atoms with Crippen LogP contribution in [0.2, 0.25) is 0 Å². The molecule has 1 heterocycles. The van der Waals surface area contributed by atoms with Crippen molar-refractivity contribution in [2.75, 3.05) is 6.54 Å². The van der Waals surface area contributed by atoms with E-state index >= 15 is 0 Å². The number of benzene rings is 3. The summed E-state index contributed by atoms with van der Waals surface area (Å²) in [5.41, 5.74) is 4.04. The fourth-order valence-electron chi connectivity index (χ4n) is 3.72. The van der Waals surface area contributed by atoms with Crippen molar-refractivity contribution >= 4 is 10.9 Å². The first-order valence-electron chi connectivity index (χ1n) is 10.1. The summed E-state index contributed by atoms with van der Waals surface area (Å²) in [6.45, 7) is 5.09. The molecule has 2 N–H and O–H groups in total. The van der Waals surface area contributed by atoms with Crippen molar-refractivity contribution in [2.45, 2.75) is 26.3 Å². The minimum atomic E-state index is -0.0143. The molecule has 29 heavy (non-hydrogen) atoms. The van der Waals surface area contributed by atoms with Crippen LogP contribution >= 0.6 is 0 Å². The van der Waals surface area contributed by atoms with Crippen LogP contribution in [0.15, 0.2) is 83.7 Å². The van der Waals surface area contributed by atoms with Gasteiger partial charge in [0.1, 0.15) is 6.04 Å². The highest BCUT2D eigenvalue weighted by Gasteiger charge is 2.20. The molecular weight excluding hydrogens is 358 g/mol. The van der Waals surface area contributed by atoms with E-state index in [1.165, 1.54) is 5.56 Å². The molecule has 4 nitrogen and oxygen atoms in total. The van der Waals surface area contributed by atoms with Gasteiger partial charge in [0.25, 0.3) is 5.56 Å². The fourth-order valence-corrected chi connectivity index (χ4v) is 3.72. The average Bonchev–Trinajstić information content (AvgIpc) is 2.74. The van der Waals surface area contributed by atoms with E-state index in [1.807, 2.05) is 61.5 Å². The average molecular weight is 385 g/mol. The molecule has 0 bridgehead atoms. The van der Waals surface area contributed by atoms with E-state index in [9.17, 15) is 4.79 Å². The second-order valence-corrected chi connectivity index (χ2v) is 7.52. The van der Waals surface area contributed by atoms with Crippen LogP contribution in [-0.2, 0) is 6.42 Å². The van der Waals surface area contributed by atoms with Gasteiger partial charge in [-0.1, -0.05) is 54.6 Å². The summed E-state index contributed by atoms with van der Waals surface area (Å²) < 4.78 is 1.78. The lowest BCUT2D eigenvalue weighted by atomic mass is 10.1. The Kier molecular flexibility index (Phi) is 5.54. The van der Waals surface area contributed by atoms with Crippen LogP contribution in [0.1, 0.15) is 29.9 Å². The summed E-state index contributed by atoms with van der Waals surface area (Å²) in [5, 5.41) is 2.91. The molecule has 0 spiro atoms. The third kappa shape index (κ3) is 4.13. The first-order valence-corrected chi connectivity index (χ1v) is 10.1. The van der Waals surface area contributed by atoms with Gasteiger partial charge in [0.2, 0.25) is 0 Å². The minimum Gasteiger partial charge on any atom is -0.337 e. The number of rotatable bonds is 6. The van der Waals surface area contributed by atoms with E-state index in [-0.39, 0.29) is 11.6 Å². The van der Waals surface area contributed by atoms with Gasteiger partial charge in [-0.25, -0.2) is 4.98 Å². The van der Waals surface area contributed by atoms with Crippen LogP contribution in [0.25, 0.3) is 16.6 Å². The molecule has 0 aliphatic carbocycles. The molecule has 0 fully saturated rings. The Labute approximate surface area is 170 Å². The van der Waals surface area contributed by atoms with Crippen LogP contribution in [0.4, 0.5) is 0 Å². The normalized spacial score (nSPS) is 12.2. The van der Waals surface area contributed by atoms with Gasteiger partial charge in [0.05, 0.1) is 23.1 Å². The molecule has 1 aromatic heterocycles. The van der Waals surface area contributed by atoms with Crippen molar-refractivity contribution in [1.29, 1.82) is 0 Å². The smallest absolute Gasteiger partial charge is 0.266 e. The van der Waals surface area contributed by atoms with Crippen molar-refractivity contribution < 1.29 is 5.32 Å². The maximum Gasteiger partial charge on any atom is 0.266 e. The zero-order chi connectivity index (χ0) is 20.2. The molecule has 0 saturated heterocycles. The summed E-state index contributed by atoms with van der Waals surface area (Å²) >= 11 is 0. The van der Waals surface area contributed by atoms with Gasteiger partial charge in [-0.15, -0.1) is 0 Å². The SMILES string of the molecule is Cc1cccc(-n2c([C@H](C)[NH2+]CCc3ccccc3)nc3ccccc3c2=O)c1. The fraction of sp³-hybridized carbons (Fsp3) is 0.200. The van der Waals surface area contributed by atoms with Gasteiger partial charge >= 0.3 is 0 Å². The van der Waals surface area contributed by atoms with E-state index in [0.717, 1.165) is 35.6 Å². The summed E-state index contributed by atoms with van der Waals surface area (Å²) in [6, 6.07) is 26.2. The molecule has 0 aliphatic rings. The Morgan fingerprint density at radius 2 is 1.72 bits per heavy atom. The molecule has 4 heteroatoms. The Balaban J connectivity index is 1.72. The maximum atomic E-state index is 13.4. The van der Waals surface area contributed by atoms with Gasteiger partial charge in [0.15, 0.2) is 5.82 Å². The summed E-state index contributed by atoms with van der Waals surface area (Å²) in [5.74, 6) is 0.785. The first-order chi connectivity index (χ1) is 14.1. The number of nitrogens with zero attached hydrogens (tertiary/aromatic N) is 2. The van der Waals surface area contributed by atoms with Crippen LogP contribution in [0.5, 0.6) is 0 Å². The number of hydrogen-bond donors (Lipinski definition) is 1. The lowest BCUT2D eigenvalue weighted by Crippen LogP contribution is -2.85. The van der Waals surface area contributed by atoms with Crippen LogP contribution < -0.4 is 10.9 Å². The third-order valence-electron chi connectivity index (χ3n) is 5.26. The van der Waals surface area contributed by atoms with E-state index in [2.05, 4.69) is 36.5 Å². The van der Waals surface area contributed by atoms with E-state index in [1.54, 1.807) is 4.57 Å². The Hall–Kier alpha value is -3.24. The number of fused-ring (bicyclic) bond motifs is 1. The van der Waals surface area contributed by atoms with Gasteiger partial charge in [0, 0.05) is 6.42 Å². The topological polar surface area (TPSA) is 51.5 Å².